The number of ketones is 1. The summed E-state index contributed by atoms with van der Waals surface area (Å²) in [4.78, 5) is 58.8. The fraction of sp³-hybridized carbons (Fsp3) is 0.361. The lowest BCUT2D eigenvalue weighted by Gasteiger charge is -2.28. The molecule has 7 N–H and O–H groups in total. The maximum Gasteiger partial charge on any atom is 0.303 e. The number of hydrogen-bond donors (Lipinski definition) is 7. The number of fused-ring (bicyclic) bond motifs is 2. The number of aliphatic carboxylic acids is 2. The Morgan fingerprint density at radius 3 is 1.90 bits per heavy atom. The Bertz CT molecular complexity index is 1820. The molecule has 1 unspecified atom stereocenters. The Kier molecular flexibility index (Phi) is 9.21. The van der Waals surface area contributed by atoms with Gasteiger partial charge in [0.1, 0.15) is 5.76 Å². The molecule has 1 atom stereocenters. The molecule has 12 heteroatoms. The molecule has 12 nitrogen and oxygen atoms in total. The van der Waals surface area contributed by atoms with E-state index in [1.165, 1.54) is 0 Å². The monoisotopic (exact) mass is 656 g/mol. The van der Waals surface area contributed by atoms with Gasteiger partial charge in [-0.25, -0.2) is 0 Å². The molecule has 252 valence electrons. The molecular formula is C36H40N4O8. The summed E-state index contributed by atoms with van der Waals surface area (Å²) in [5.41, 5.74) is 5.60. The van der Waals surface area contributed by atoms with Crippen molar-refractivity contribution in [1.82, 2.24) is 10.6 Å². The van der Waals surface area contributed by atoms with Gasteiger partial charge in [-0.2, -0.15) is 0 Å². The van der Waals surface area contributed by atoms with Crippen LogP contribution in [0, 0.1) is 0 Å². The van der Waals surface area contributed by atoms with Gasteiger partial charge in [-0.3, -0.25) is 24.0 Å². The van der Waals surface area contributed by atoms with E-state index in [1.807, 2.05) is 64.1 Å². The van der Waals surface area contributed by atoms with E-state index >= 15 is 0 Å². The minimum absolute atomic E-state index is 0.0795. The van der Waals surface area contributed by atoms with Crippen LogP contribution in [0.25, 0.3) is 0 Å². The van der Waals surface area contributed by atoms with E-state index in [1.54, 1.807) is 12.2 Å². The van der Waals surface area contributed by atoms with Crippen LogP contribution in [-0.2, 0) is 47.9 Å². The third-order valence-electron chi connectivity index (χ3n) is 9.30. The van der Waals surface area contributed by atoms with Crippen molar-refractivity contribution in [2.45, 2.75) is 83.3 Å². The number of allylic oxidation sites excluding steroid dienone is 4. The second-order valence-electron chi connectivity index (χ2n) is 13.4. The van der Waals surface area contributed by atoms with Gasteiger partial charge >= 0.3 is 11.9 Å². The summed E-state index contributed by atoms with van der Waals surface area (Å²) in [5, 5.41) is 40.9. The SMILES string of the molecule is CC1(C)C(=CC2=C(O)C(=CC3Nc4ccc(CNC(=O)CCC(=O)O)cc4C3(C)C)C2=O)Nc2ccc(CNC(=O)CCC(=O)O)cc21. The van der Waals surface area contributed by atoms with Crippen molar-refractivity contribution in [1.29, 1.82) is 0 Å². The second-order valence-corrected chi connectivity index (χ2v) is 13.4. The predicted molar refractivity (Wildman–Crippen MR) is 178 cm³/mol. The fourth-order valence-corrected chi connectivity index (χ4v) is 6.18. The van der Waals surface area contributed by atoms with E-state index < -0.39 is 22.8 Å². The molecular weight excluding hydrogens is 616 g/mol. The molecule has 0 radical (unpaired) electrons. The average molecular weight is 657 g/mol. The predicted octanol–water partition coefficient (Wildman–Crippen LogP) is 4.33. The minimum atomic E-state index is -1.03. The van der Waals surface area contributed by atoms with Crippen molar-refractivity contribution >= 4 is 40.9 Å². The Morgan fingerprint density at radius 2 is 1.35 bits per heavy atom. The molecule has 0 saturated heterocycles. The Balaban J connectivity index is 1.27. The van der Waals surface area contributed by atoms with Crippen molar-refractivity contribution in [2.24, 2.45) is 0 Å². The lowest BCUT2D eigenvalue weighted by molar-refractivity contribution is -0.139. The van der Waals surface area contributed by atoms with Crippen molar-refractivity contribution in [3.8, 4) is 0 Å². The van der Waals surface area contributed by atoms with Gasteiger partial charge in [0.05, 0.1) is 30.0 Å². The number of carbonyl (C=O) groups is 5. The number of nitrogens with one attached hydrogen (secondary N) is 4. The quantitative estimate of drug-likeness (QED) is 0.162. The molecule has 0 fully saturated rings. The number of aliphatic hydroxyl groups excluding tert-OH is 1. The smallest absolute Gasteiger partial charge is 0.303 e. The molecule has 2 aromatic rings. The number of benzene rings is 2. The van der Waals surface area contributed by atoms with E-state index in [0.29, 0.717) is 0 Å². The largest absolute Gasteiger partial charge is 0.506 e. The molecule has 0 spiro atoms. The van der Waals surface area contributed by atoms with Crippen LogP contribution in [0.4, 0.5) is 11.4 Å². The van der Waals surface area contributed by atoms with Crippen LogP contribution < -0.4 is 21.3 Å². The van der Waals surface area contributed by atoms with Gasteiger partial charge < -0.3 is 36.6 Å². The highest BCUT2D eigenvalue weighted by molar-refractivity contribution is 6.21. The molecule has 0 saturated carbocycles. The zero-order valence-corrected chi connectivity index (χ0v) is 27.3. The topological polar surface area (TPSA) is 194 Å². The molecule has 48 heavy (non-hydrogen) atoms. The van der Waals surface area contributed by atoms with Crippen molar-refractivity contribution < 1.29 is 39.3 Å². The standard InChI is InChI=1S/C36H40N4O8/c1-35(2)23-13-19(17-37-29(41)9-11-31(43)44)5-7-25(23)39-27(35)15-21-33(47)22(34(21)48)16-28-36(3,4)24-14-20(6-8-26(24)40-28)18-38-30(42)10-12-32(45)46/h5-8,13-16,27,39-40,47H,9-12,17-18H2,1-4H3,(H,37,41)(H,38,42)(H,43,44)(H,45,46). The van der Waals surface area contributed by atoms with Gasteiger partial charge in [0.15, 0.2) is 5.78 Å². The summed E-state index contributed by atoms with van der Waals surface area (Å²) in [6, 6.07) is 11.2. The molecule has 0 bridgehead atoms. The molecule has 0 aromatic heterocycles. The van der Waals surface area contributed by atoms with Crippen LogP contribution in [0.5, 0.6) is 0 Å². The van der Waals surface area contributed by atoms with Crippen LogP contribution in [0.15, 0.2) is 71.2 Å². The molecule has 2 aromatic carbocycles. The van der Waals surface area contributed by atoms with E-state index in [2.05, 4.69) is 21.3 Å². The zero-order valence-electron chi connectivity index (χ0n) is 27.3. The number of carboxylic acid groups (broad SMARTS) is 2. The van der Waals surface area contributed by atoms with Crippen molar-refractivity contribution in [2.75, 3.05) is 10.6 Å². The number of carboxylic acids is 2. The lowest BCUT2D eigenvalue weighted by atomic mass is 9.76. The number of Topliss-reactive ketones (excluding diaryl/α,β-unsaturated/α-hetero) is 1. The Hall–Kier alpha value is -5.39. The van der Waals surface area contributed by atoms with Gasteiger partial charge in [0.2, 0.25) is 11.8 Å². The molecule has 2 heterocycles. The van der Waals surface area contributed by atoms with Crippen molar-refractivity contribution in [3.05, 3.63) is 93.4 Å². The van der Waals surface area contributed by atoms with Crippen molar-refractivity contribution in [3.63, 3.8) is 0 Å². The first-order chi connectivity index (χ1) is 22.6. The van der Waals surface area contributed by atoms with Crippen LogP contribution in [0.1, 0.15) is 75.6 Å². The summed E-state index contributed by atoms with van der Waals surface area (Å²) < 4.78 is 0. The van der Waals surface area contributed by atoms with E-state index in [-0.39, 0.29) is 79.3 Å². The first-order valence-electron chi connectivity index (χ1n) is 15.8. The first kappa shape index (κ1) is 34.0. The minimum Gasteiger partial charge on any atom is -0.506 e. The average Bonchev–Trinajstić information content (AvgIpc) is 3.44. The number of hydrogen-bond acceptors (Lipinski definition) is 8. The van der Waals surface area contributed by atoms with Gasteiger partial charge in [-0.15, -0.1) is 0 Å². The molecule has 1 aliphatic carbocycles. The Labute approximate surface area is 278 Å². The number of aliphatic hydroxyl groups is 1. The molecule has 5 rings (SSSR count). The van der Waals surface area contributed by atoms with Crippen LogP contribution in [0.3, 0.4) is 0 Å². The highest BCUT2D eigenvalue weighted by Gasteiger charge is 2.42. The maximum absolute atomic E-state index is 13.4. The summed E-state index contributed by atoms with van der Waals surface area (Å²) in [7, 11) is 0. The number of rotatable bonds is 12. The highest BCUT2D eigenvalue weighted by atomic mass is 16.4. The Morgan fingerprint density at radius 1 is 0.812 bits per heavy atom. The second kappa shape index (κ2) is 13.0. The normalized spacial score (nSPS) is 20.0. The third-order valence-corrected chi connectivity index (χ3v) is 9.30. The number of anilines is 2. The van der Waals surface area contributed by atoms with Gasteiger partial charge in [0.25, 0.3) is 0 Å². The molecule has 3 aliphatic rings. The van der Waals surface area contributed by atoms with E-state index in [4.69, 9.17) is 10.2 Å². The highest BCUT2D eigenvalue weighted by Crippen LogP contribution is 2.46. The summed E-state index contributed by atoms with van der Waals surface area (Å²) in [6.07, 6.45) is 2.80. The van der Waals surface area contributed by atoms with Crippen LogP contribution in [0.2, 0.25) is 0 Å². The summed E-state index contributed by atoms with van der Waals surface area (Å²) in [6.45, 7) is 8.58. The molecule has 2 amide bonds. The third kappa shape index (κ3) is 6.83. The maximum atomic E-state index is 13.4. The van der Waals surface area contributed by atoms with Crippen LogP contribution >= 0.6 is 0 Å². The molecule has 2 aliphatic heterocycles. The van der Waals surface area contributed by atoms with E-state index in [0.717, 1.165) is 39.3 Å². The number of amides is 2. The number of carbonyl (C=O) groups excluding carboxylic acids is 3. The van der Waals surface area contributed by atoms with Crippen LogP contribution in [-0.4, -0.2) is 50.9 Å². The fourth-order valence-electron chi connectivity index (χ4n) is 6.18. The van der Waals surface area contributed by atoms with Gasteiger partial charge in [-0.05, 0) is 46.5 Å². The first-order valence-corrected chi connectivity index (χ1v) is 15.8. The zero-order chi connectivity index (χ0) is 35.0. The lowest BCUT2D eigenvalue weighted by Crippen LogP contribution is -2.34. The van der Waals surface area contributed by atoms with Gasteiger partial charge in [0, 0.05) is 53.8 Å². The van der Waals surface area contributed by atoms with E-state index in [9.17, 15) is 29.1 Å². The summed E-state index contributed by atoms with van der Waals surface area (Å²) >= 11 is 0. The summed E-state index contributed by atoms with van der Waals surface area (Å²) in [5.74, 6) is -3.08. The van der Waals surface area contributed by atoms with Gasteiger partial charge in [-0.1, -0.05) is 52.0 Å².